The van der Waals surface area contributed by atoms with Crippen molar-refractivity contribution < 1.29 is 17.9 Å². The summed E-state index contributed by atoms with van der Waals surface area (Å²) >= 11 is 0. The van der Waals surface area contributed by atoms with Gasteiger partial charge in [0.25, 0.3) is 10.0 Å². The van der Waals surface area contributed by atoms with E-state index < -0.39 is 10.0 Å². The monoisotopic (exact) mass is 466 g/mol. The van der Waals surface area contributed by atoms with Gasteiger partial charge in [0.05, 0.1) is 23.7 Å². The predicted molar refractivity (Wildman–Crippen MR) is 131 cm³/mol. The third-order valence-electron chi connectivity index (χ3n) is 5.51. The number of amides is 1. The molecule has 174 valence electrons. The van der Waals surface area contributed by atoms with Gasteiger partial charge in [-0.3, -0.25) is 9.10 Å². The number of sulfonamides is 1. The summed E-state index contributed by atoms with van der Waals surface area (Å²) in [6.07, 6.45) is 0.660. The number of anilines is 1. The highest BCUT2D eigenvalue weighted by Crippen LogP contribution is 2.26. The lowest BCUT2D eigenvalue weighted by Gasteiger charge is -2.26. The van der Waals surface area contributed by atoms with Gasteiger partial charge < -0.3 is 10.1 Å². The lowest BCUT2D eigenvalue weighted by Crippen LogP contribution is -2.42. The molecule has 1 atom stereocenters. The summed E-state index contributed by atoms with van der Waals surface area (Å²) in [4.78, 5) is 13.2. The van der Waals surface area contributed by atoms with Crippen LogP contribution in [0.1, 0.15) is 36.1 Å². The maximum absolute atomic E-state index is 13.4. The van der Waals surface area contributed by atoms with Crippen LogP contribution in [0.15, 0.2) is 77.7 Å². The van der Waals surface area contributed by atoms with E-state index in [0.29, 0.717) is 12.1 Å². The molecule has 0 aliphatic heterocycles. The summed E-state index contributed by atoms with van der Waals surface area (Å²) in [6, 6.07) is 20.8. The van der Waals surface area contributed by atoms with Crippen molar-refractivity contribution >= 4 is 21.6 Å². The zero-order valence-corrected chi connectivity index (χ0v) is 20.2. The molecule has 0 saturated heterocycles. The Bertz CT molecular complexity index is 1190. The summed E-state index contributed by atoms with van der Waals surface area (Å²) in [5.74, 6) is 0.398. The third kappa shape index (κ3) is 5.73. The first-order valence-electron chi connectivity index (χ1n) is 10.8. The highest BCUT2D eigenvalue weighted by molar-refractivity contribution is 7.92. The van der Waals surface area contributed by atoms with Crippen LogP contribution in [0.4, 0.5) is 5.69 Å². The highest BCUT2D eigenvalue weighted by atomic mass is 32.2. The molecule has 1 N–H and O–H groups in total. The number of rotatable bonds is 9. The maximum atomic E-state index is 13.4. The van der Waals surface area contributed by atoms with Crippen molar-refractivity contribution in [2.75, 3.05) is 18.0 Å². The molecule has 0 radical (unpaired) electrons. The van der Waals surface area contributed by atoms with Gasteiger partial charge in [0.2, 0.25) is 5.91 Å². The van der Waals surface area contributed by atoms with Gasteiger partial charge in [-0.2, -0.15) is 0 Å². The van der Waals surface area contributed by atoms with E-state index in [0.717, 1.165) is 26.7 Å². The number of methoxy groups -OCH3 is 1. The molecule has 1 unspecified atom stereocenters. The molecule has 3 aromatic rings. The molecule has 33 heavy (non-hydrogen) atoms. The first-order valence-corrected chi connectivity index (χ1v) is 12.3. The van der Waals surface area contributed by atoms with E-state index in [2.05, 4.69) is 5.32 Å². The summed E-state index contributed by atoms with van der Waals surface area (Å²) in [5, 5.41) is 3.00. The summed E-state index contributed by atoms with van der Waals surface area (Å²) < 4.78 is 33.3. The molecular formula is C26H30N2O4S. The minimum absolute atomic E-state index is 0.135. The first kappa shape index (κ1) is 24.3. The lowest BCUT2D eigenvalue weighted by atomic mass is 10.0. The van der Waals surface area contributed by atoms with Gasteiger partial charge in [0, 0.05) is 0 Å². The van der Waals surface area contributed by atoms with Gasteiger partial charge in [0.1, 0.15) is 12.3 Å². The predicted octanol–water partition coefficient (Wildman–Crippen LogP) is 4.77. The topological polar surface area (TPSA) is 75.7 Å². The second-order valence-electron chi connectivity index (χ2n) is 7.92. The molecule has 1 amide bonds. The Morgan fingerprint density at radius 1 is 1.00 bits per heavy atom. The van der Waals surface area contributed by atoms with Gasteiger partial charge in [-0.15, -0.1) is 0 Å². The van der Waals surface area contributed by atoms with Crippen molar-refractivity contribution in [2.45, 2.75) is 38.1 Å². The molecule has 0 bridgehead atoms. The largest absolute Gasteiger partial charge is 0.496 e. The number of aryl methyl sites for hydroxylation is 2. The van der Waals surface area contributed by atoms with Crippen molar-refractivity contribution in [1.29, 1.82) is 0 Å². The average molecular weight is 467 g/mol. The number of nitrogens with one attached hydrogen (secondary N) is 1. The number of ether oxygens (including phenoxy) is 1. The van der Waals surface area contributed by atoms with Crippen LogP contribution in [0, 0.1) is 13.8 Å². The Morgan fingerprint density at radius 3 is 2.24 bits per heavy atom. The van der Waals surface area contributed by atoms with Crippen LogP contribution >= 0.6 is 0 Å². The quantitative estimate of drug-likeness (QED) is 0.493. The van der Waals surface area contributed by atoms with E-state index in [4.69, 9.17) is 4.74 Å². The molecule has 0 saturated carbocycles. The molecule has 3 rings (SSSR count). The van der Waals surface area contributed by atoms with Crippen molar-refractivity contribution in [3.63, 3.8) is 0 Å². The number of benzene rings is 3. The molecule has 0 aromatic heterocycles. The SMILES string of the molecule is CCC(NC(=O)CN(c1ccc(C)cc1)S(=O)(=O)c1ccccc1)c1ccc(OC)c(C)c1. The van der Waals surface area contributed by atoms with Crippen molar-refractivity contribution in [3.05, 3.63) is 89.5 Å². The molecule has 0 heterocycles. The van der Waals surface area contributed by atoms with Gasteiger partial charge in [0.15, 0.2) is 0 Å². The molecule has 0 aliphatic carbocycles. The fourth-order valence-electron chi connectivity index (χ4n) is 3.66. The fourth-order valence-corrected chi connectivity index (χ4v) is 5.10. The molecule has 3 aromatic carbocycles. The van der Waals surface area contributed by atoms with Gasteiger partial charge in [-0.05, 0) is 61.7 Å². The molecular weight excluding hydrogens is 436 g/mol. The van der Waals surface area contributed by atoms with E-state index in [1.165, 1.54) is 12.1 Å². The third-order valence-corrected chi connectivity index (χ3v) is 7.29. The smallest absolute Gasteiger partial charge is 0.264 e. The zero-order valence-electron chi connectivity index (χ0n) is 19.4. The normalized spacial score (nSPS) is 12.1. The van der Waals surface area contributed by atoms with E-state index in [9.17, 15) is 13.2 Å². The van der Waals surface area contributed by atoms with Crippen LogP contribution in [0.5, 0.6) is 5.75 Å². The Labute approximate surface area is 196 Å². The maximum Gasteiger partial charge on any atom is 0.264 e. The molecule has 7 heteroatoms. The fraction of sp³-hybridized carbons (Fsp3) is 0.269. The van der Waals surface area contributed by atoms with Crippen molar-refractivity contribution in [2.24, 2.45) is 0 Å². The average Bonchev–Trinajstić information content (AvgIpc) is 2.82. The van der Waals surface area contributed by atoms with Gasteiger partial charge in [-0.25, -0.2) is 8.42 Å². The first-order chi connectivity index (χ1) is 15.8. The van der Waals surface area contributed by atoms with E-state index in [-0.39, 0.29) is 23.4 Å². The summed E-state index contributed by atoms with van der Waals surface area (Å²) in [7, 11) is -2.31. The van der Waals surface area contributed by atoms with Crippen LogP contribution in [-0.2, 0) is 14.8 Å². The van der Waals surface area contributed by atoms with E-state index >= 15 is 0 Å². The molecule has 6 nitrogen and oxygen atoms in total. The Hall–Kier alpha value is -3.32. The van der Waals surface area contributed by atoms with Crippen molar-refractivity contribution in [3.8, 4) is 5.75 Å². The second kappa shape index (κ2) is 10.5. The minimum Gasteiger partial charge on any atom is -0.496 e. The Balaban J connectivity index is 1.88. The number of nitrogens with zero attached hydrogens (tertiary/aromatic N) is 1. The number of hydrogen-bond acceptors (Lipinski definition) is 4. The van der Waals surface area contributed by atoms with Gasteiger partial charge in [-0.1, -0.05) is 55.0 Å². The summed E-state index contributed by atoms with van der Waals surface area (Å²) in [5.41, 5.74) is 3.35. The zero-order chi connectivity index (χ0) is 24.0. The van der Waals surface area contributed by atoms with Crippen molar-refractivity contribution in [1.82, 2.24) is 5.32 Å². The van der Waals surface area contributed by atoms with E-state index in [1.54, 1.807) is 37.4 Å². The lowest BCUT2D eigenvalue weighted by molar-refractivity contribution is -0.120. The van der Waals surface area contributed by atoms with Crippen LogP contribution in [0.25, 0.3) is 0 Å². The van der Waals surface area contributed by atoms with E-state index in [1.807, 2.05) is 51.1 Å². The van der Waals surface area contributed by atoms with Crippen LogP contribution in [-0.4, -0.2) is 28.0 Å². The molecule has 0 fully saturated rings. The summed E-state index contributed by atoms with van der Waals surface area (Å²) in [6.45, 7) is 5.52. The number of carbonyl (C=O) groups excluding carboxylic acids is 1. The molecule has 0 spiro atoms. The van der Waals surface area contributed by atoms with Gasteiger partial charge >= 0.3 is 0 Å². The molecule has 0 aliphatic rings. The number of hydrogen-bond donors (Lipinski definition) is 1. The highest BCUT2D eigenvalue weighted by Gasteiger charge is 2.28. The minimum atomic E-state index is -3.93. The standard InChI is InChI=1S/C26H30N2O4S/c1-5-24(21-13-16-25(32-4)20(3)17-21)27-26(29)18-28(22-14-11-19(2)12-15-22)33(30,31)23-9-7-6-8-10-23/h6-17,24H,5,18H2,1-4H3,(H,27,29). The second-order valence-corrected chi connectivity index (χ2v) is 9.78. The van der Waals surface area contributed by atoms with Crippen LogP contribution in [0.2, 0.25) is 0 Å². The van der Waals surface area contributed by atoms with Crippen LogP contribution in [0.3, 0.4) is 0 Å². The Morgan fingerprint density at radius 2 is 1.67 bits per heavy atom. The van der Waals surface area contributed by atoms with Crippen LogP contribution < -0.4 is 14.4 Å². The Kier molecular flexibility index (Phi) is 7.76. The number of carbonyl (C=O) groups is 1.